The second-order valence-electron chi connectivity index (χ2n) is 4.91. The lowest BCUT2D eigenvalue weighted by Gasteiger charge is -2.34. The maximum Gasteiger partial charge on any atom is 0.404 e. The maximum absolute atomic E-state index is 13.3. The third kappa shape index (κ3) is 2.54. The molecule has 0 spiro atoms. The van der Waals surface area contributed by atoms with Crippen molar-refractivity contribution in [3.63, 3.8) is 0 Å². The smallest absolute Gasteiger partial charge is 0.404 e. The van der Waals surface area contributed by atoms with E-state index in [1.807, 2.05) is 0 Å². The molecule has 1 atom stereocenters. The monoisotopic (exact) mass is 290 g/mol. The molecule has 1 aromatic rings. The molecule has 0 radical (unpaired) electrons. The summed E-state index contributed by atoms with van der Waals surface area (Å²) in [5, 5.41) is 2.65. The number of hydrogen-bond donors (Lipinski definition) is 1. The van der Waals surface area contributed by atoms with E-state index in [2.05, 4.69) is 5.32 Å². The Morgan fingerprint density at radius 1 is 1.55 bits per heavy atom. The molecule has 20 heavy (non-hydrogen) atoms. The number of nitrogens with one attached hydrogen (secondary N) is 1. The van der Waals surface area contributed by atoms with E-state index in [1.165, 1.54) is 11.2 Å². The van der Waals surface area contributed by atoms with Crippen LogP contribution in [0.2, 0.25) is 0 Å². The zero-order chi connectivity index (χ0) is 14.8. The van der Waals surface area contributed by atoms with Gasteiger partial charge >= 0.3 is 6.18 Å². The van der Waals surface area contributed by atoms with Crippen LogP contribution in [0.3, 0.4) is 0 Å². The summed E-state index contributed by atoms with van der Waals surface area (Å²) in [4.78, 5) is 13.6. The fourth-order valence-corrected chi connectivity index (χ4v) is 2.46. The first-order valence-electron chi connectivity index (χ1n) is 6.50. The second-order valence-corrected chi connectivity index (χ2v) is 4.91. The number of amides is 1. The minimum atomic E-state index is -4.55. The molecular weight excluding hydrogens is 273 g/mol. The minimum absolute atomic E-state index is 0.0557. The summed E-state index contributed by atoms with van der Waals surface area (Å²) in [6.45, 7) is 1.76. The van der Waals surface area contributed by atoms with Gasteiger partial charge in [0.2, 0.25) is 5.91 Å². The fraction of sp³-hybridized carbons (Fsp3) is 0.615. The summed E-state index contributed by atoms with van der Waals surface area (Å²) in [7, 11) is 0. The first-order chi connectivity index (χ1) is 9.40. The summed E-state index contributed by atoms with van der Waals surface area (Å²) >= 11 is 0. The first kappa shape index (κ1) is 14.9. The average Bonchev–Trinajstić information content (AvgIpc) is 3.05. The van der Waals surface area contributed by atoms with Crippen LogP contribution >= 0.6 is 0 Å². The number of halogens is 3. The number of carbonyl (C=O) groups is 1. The second kappa shape index (κ2) is 5.47. The van der Waals surface area contributed by atoms with Crippen molar-refractivity contribution in [2.45, 2.75) is 26.1 Å². The Morgan fingerprint density at radius 3 is 2.75 bits per heavy atom. The first-order valence-corrected chi connectivity index (χ1v) is 6.50. The van der Waals surface area contributed by atoms with Crippen LogP contribution in [0.1, 0.15) is 19.1 Å². The molecule has 4 nitrogen and oxygen atoms in total. The lowest BCUT2D eigenvalue weighted by molar-refractivity contribution is -0.222. The molecule has 1 aliphatic rings. The van der Waals surface area contributed by atoms with Crippen molar-refractivity contribution in [3.8, 4) is 0 Å². The molecule has 0 aliphatic carbocycles. The summed E-state index contributed by atoms with van der Waals surface area (Å²) < 4.78 is 45.1. The van der Waals surface area contributed by atoms with Gasteiger partial charge in [-0.3, -0.25) is 4.79 Å². The van der Waals surface area contributed by atoms with E-state index < -0.39 is 17.5 Å². The molecule has 112 valence electrons. The lowest BCUT2D eigenvalue weighted by atomic mass is 9.84. The van der Waals surface area contributed by atoms with Gasteiger partial charge in [0.15, 0.2) is 5.41 Å². The van der Waals surface area contributed by atoms with Crippen molar-refractivity contribution in [2.24, 2.45) is 5.41 Å². The molecule has 1 fully saturated rings. The van der Waals surface area contributed by atoms with Gasteiger partial charge in [-0.05, 0) is 32.0 Å². The van der Waals surface area contributed by atoms with Crippen LogP contribution < -0.4 is 5.32 Å². The van der Waals surface area contributed by atoms with Crippen molar-refractivity contribution in [3.05, 3.63) is 24.2 Å². The number of alkyl halides is 3. The largest absolute Gasteiger partial charge is 0.467 e. The Bertz CT molecular complexity index is 451. The molecule has 2 heterocycles. The van der Waals surface area contributed by atoms with Gasteiger partial charge in [0.25, 0.3) is 0 Å². The maximum atomic E-state index is 13.3. The average molecular weight is 290 g/mol. The van der Waals surface area contributed by atoms with Gasteiger partial charge in [0.1, 0.15) is 5.76 Å². The van der Waals surface area contributed by atoms with Crippen molar-refractivity contribution < 1.29 is 22.4 Å². The SMILES string of the molecule is CCN(Cc1ccco1)C(=O)C1(C(F)(F)F)CCNC1. The highest BCUT2D eigenvalue weighted by Gasteiger charge is 2.62. The lowest BCUT2D eigenvalue weighted by Crippen LogP contribution is -2.53. The number of nitrogens with zero attached hydrogens (tertiary/aromatic N) is 1. The van der Waals surface area contributed by atoms with Crippen LogP contribution in [0, 0.1) is 5.41 Å². The zero-order valence-corrected chi connectivity index (χ0v) is 11.2. The molecule has 7 heteroatoms. The van der Waals surface area contributed by atoms with Gasteiger partial charge in [-0.15, -0.1) is 0 Å². The molecule has 0 saturated carbocycles. The van der Waals surface area contributed by atoms with Crippen molar-refractivity contribution >= 4 is 5.91 Å². The van der Waals surface area contributed by atoms with Crippen LogP contribution in [-0.4, -0.2) is 36.6 Å². The molecule has 1 saturated heterocycles. The van der Waals surface area contributed by atoms with Crippen LogP contribution in [0.25, 0.3) is 0 Å². The van der Waals surface area contributed by atoms with Crippen LogP contribution in [0.5, 0.6) is 0 Å². The van der Waals surface area contributed by atoms with Gasteiger partial charge in [0.05, 0.1) is 12.8 Å². The number of furan rings is 1. The Hall–Kier alpha value is -1.50. The van der Waals surface area contributed by atoms with E-state index in [4.69, 9.17) is 4.42 Å². The molecule has 1 N–H and O–H groups in total. The zero-order valence-electron chi connectivity index (χ0n) is 11.2. The van der Waals surface area contributed by atoms with E-state index in [9.17, 15) is 18.0 Å². The van der Waals surface area contributed by atoms with E-state index in [0.717, 1.165) is 0 Å². The summed E-state index contributed by atoms with van der Waals surface area (Å²) in [6.07, 6.45) is -3.33. The molecule has 1 aliphatic heterocycles. The van der Waals surface area contributed by atoms with Crippen LogP contribution in [-0.2, 0) is 11.3 Å². The van der Waals surface area contributed by atoms with E-state index in [-0.39, 0.29) is 32.6 Å². The van der Waals surface area contributed by atoms with E-state index in [0.29, 0.717) is 5.76 Å². The molecule has 1 aromatic heterocycles. The van der Waals surface area contributed by atoms with Gasteiger partial charge in [0, 0.05) is 13.1 Å². The number of rotatable bonds is 4. The molecule has 0 aromatic carbocycles. The van der Waals surface area contributed by atoms with Gasteiger partial charge < -0.3 is 14.6 Å². The van der Waals surface area contributed by atoms with E-state index >= 15 is 0 Å². The minimum Gasteiger partial charge on any atom is -0.467 e. The predicted molar refractivity (Wildman–Crippen MR) is 65.8 cm³/mol. The highest BCUT2D eigenvalue weighted by Crippen LogP contribution is 2.44. The molecule has 1 amide bonds. The topological polar surface area (TPSA) is 45.5 Å². The van der Waals surface area contributed by atoms with Gasteiger partial charge in [-0.25, -0.2) is 0 Å². The Morgan fingerprint density at radius 2 is 2.30 bits per heavy atom. The normalized spacial score (nSPS) is 23.0. The summed E-state index contributed by atoms with van der Waals surface area (Å²) in [5.41, 5.74) is -2.31. The third-order valence-electron chi connectivity index (χ3n) is 3.70. The number of hydrogen-bond acceptors (Lipinski definition) is 3. The third-order valence-corrected chi connectivity index (χ3v) is 3.70. The Balaban J connectivity index is 2.22. The van der Waals surface area contributed by atoms with Crippen LogP contribution in [0.4, 0.5) is 13.2 Å². The van der Waals surface area contributed by atoms with Crippen molar-refractivity contribution in [1.82, 2.24) is 10.2 Å². The quantitative estimate of drug-likeness (QED) is 0.924. The number of carbonyl (C=O) groups excluding carboxylic acids is 1. The van der Waals surface area contributed by atoms with Gasteiger partial charge in [-0.1, -0.05) is 0 Å². The van der Waals surface area contributed by atoms with Crippen LogP contribution in [0.15, 0.2) is 22.8 Å². The molecular formula is C13H17F3N2O2. The van der Waals surface area contributed by atoms with Gasteiger partial charge in [-0.2, -0.15) is 13.2 Å². The van der Waals surface area contributed by atoms with Crippen molar-refractivity contribution in [1.29, 1.82) is 0 Å². The standard InChI is InChI=1S/C13H17F3N2O2/c1-2-18(8-10-4-3-7-20-10)11(19)12(13(14,15)16)5-6-17-9-12/h3-4,7,17H,2,5-6,8-9H2,1H3. The predicted octanol–water partition coefficient (Wildman–Crippen LogP) is 2.17. The molecule has 1 unspecified atom stereocenters. The Kier molecular flexibility index (Phi) is 4.08. The highest BCUT2D eigenvalue weighted by molar-refractivity contribution is 5.84. The Labute approximate surface area is 114 Å². The van der Waals surface area contributed by atoms with E-state index in [1.54, 1.807) is 19.1 Å². The summed E-state index contributed by atoms with van der Waals surface area (Å²) in [6, 6.07) is 3.29. The highest BCUT2D eigenvalue weighted by atomic mass is 19.4. The summed E-state index contributed by atoms with van der Waals surface area (Å²) in [5.74, 6) is -0.405. The van der Waals surface area contributed by atoms with Crippen molar-refractivity contribution in [2.75, 3.05) is 19.6 Å². The molecule has 0 bridgehead atoms. The fourth-order valence-electron chi connectivity index (χ4n) is 2.46. The molecule has 2 rings (SSSR count).